The predicted octanol–water partition coefficient (Wildman–Crippen LogP) is 0.618. The predicted molar refractivity (Wildman–Crippen MR) is 81.5 cm³/mol. The molecule has 0 bridgehead atoms. The minimum absolute atomic E-state index is 0.0521. The second-order valence-corrected chi connectivity index (χ2v) is 4.46. The molecule has 0 saturated heterocycles. The van der Waals surface area contributed by atoms with Crippen LogP contribution in [0.1, 0.15) is 11.1 Å². The number of methoxy groups -OCH3 is 1. The number of benzene rings is 1. The minimum atomic E-state index is -0.0762. The third-order valence-electron chi connectivity index (χ3n) is 2.83. The molecule has 1 aromatic carbocycles. The van der Waals surface area contributed by atoms with Crippen LogP contribution in [0.4, 0.5) is 0 Å². The van der Waals surface area contributed by atoms with Crippen molar-refractivity contribution in [3.05, 3.63) is 35.4 Å². The molecule has 5 nitrogen and oxygen atoms in total. The Morgan fingerprint density at radius 2 is 2.10 bits per heavy atom. The van der Waals surface area contributed by atoms with Gasteiger partial charge in [-0.3, -0.25) is 4.79 Å². The smallest absolute Gasteiger partial charge is 0.248 e. The molecule has 1 amide bonds. The molecule has 2 N–H and O–H groups in total. The van der Waals surface area contributed by atoms with Crippen LogP contribution in [0.5, 0.6) is 0 Å². The van der Waals surface area contributed by atoms with Gasteiger partial charge in [-0.2, -0.15) is 0 Å². The molecule has 21 heavy (non-hydrogen) atoms. The van der Waals surface area contributed by atoms with Gasteiger partial charge in [-0.1, -0.05) is 30.0 Å². The van der Waals surface area contributed by atoms with Crippen LogP contribution in [0.3, 0.4) is 0 Å². The molecule has 0 radical (unpaired) electrons. The number of nitrogens with zero attached hydrogens (tertiary/aromatic N) is 1. The highest BCUT2D eigenvalue weighted by Gasteiger charge is 2.10. The molecule has 0 atom stereocenters. The highest BCUT2D eigenvalue weighted by atomic mass is 16.5. The van der Waals surface area contributed by atoms with Gasteiger partial charge < -0.3 is 20.1 Å². The zero-order chi connectivity index (χ0) is 15.5. The van der Waals surface area contributed by atoms with Gasteiger partial charge in [0.15, 0.2) is 0 Å². The lowest BCUT2D eigenvalue weighted by atomic mass is 10.1. The molecule has 0 aliphatic rings. The van der Waals surface area contributed by atoms with Gasteiger partial charge >= 0.3 is 0 Å². The van der Waals surface area contributed by atoms with Gasteiger partial charge in [0, 0.05) is 26.3 Å². The molecule has 0 spiro atoms. The largest absolute Gasteiger partial charge is 0.382 e. The van der Waals surface area contributed by atoms with Gasteiger partial charge in [0.05, 0.1) is 19.8 Å². The third-order valence-corrected chi connectivity index (χ3v) is 2.83. The Bertz CT molecular complexity index is 506. The summed E-state index contributed by atoms with van der Waals surface area (Å²) < 4.78 is 10.1. The van der Waals surface area contributed by atoms with E-state index >= 15 is 0 Å². The lowest BCUT2D eigenvalue weighted by Gasteiger charge is -2.18. The first kappa shape index (κ1) is 17.2. The van der Waals surface area contributed by atoms with E-state index in [0.717, 1.165) is 11.1 Å². The first-order valence-electron chi connectivity index (χ1n) is 6.76. The molecule has 114 valence electrons. The van der Waals surface area contributed by atoms with Crippen molar-refractivity contribution in [2.24, 2.45) is 5.73 Å². The van der Waals surface area contributed by atoms with Crippen molar-refractivity contribution in [1.82, 2.24) is 4.90 Å². The van der Waals surface area contributed by atoms with Crippen LogP contribution < -0.4 is 5.73 Å². The Kier molecular flexibility index (Phi) is 8.14. The first-order valence-corrected chi connectivity index (χ1v) is 6.76. The molecular formula is C16H22N2O3. The number of nitrogens with two attached hydrogens (primary N) is 1. The zero-order valence-electron chi connectivity index (χ0n) is 12.6. The lowest BCUT2D eigenvalue weighted by molar-refractivity contribution is -0.135. The number of hydrogen-bond donors (Lipinski definition) is 1. The molecule has 5 heteroatoms. The van der Waals surface area contributed by atoms with Crippen molar-refractivity contribution in [3.8, 4) is 11.8 Å². The summed E-state index contributed by atoms with van der Waals surface area (Å²) in [6, 6.07) is 7.72. The fraction of sp³-hybridized carbons (Fsp3) is 0.438. The number of hydrogen-bond acceptors (Lipinski definition) is 4. The van der Waals surface area contributed by atoms with Crippen LogP contribution in [0.15, 0.2) is 24.3 Å². The minimum Gasteiger partial charge on any atom is -0.382 e. The van der Waals surface area contributed by atoms with E-state index in [2.05, 4.69) is 11.8 Å². The van der Waals surface area contributed by atoms with E-state index in [0.29, 0.717) is 26.3 Å². The van der Waals surface area contributed by atoms with E-state index < -0.39 is 0 Å². The highest BCUT2D eigenvalue weighted by Crippen LogP contribution is 2.10. The van der Waals surface area contributed by atoms with Crippen LogP contribution in [0.2, 0.25) is 0 Å². The molecular weight excluding hydrogens is 268 g/mol. The second kappa shape index (κ2) is 9.94. The summed E-state index contributed by atoms with van der Waals surface area (Å²) in [7, 11) is 3.34. The molecule has 0 aromatic heterocycles. The van der Waals surface area contributed by atoms with Gasteiger partial charge in [0.25, 0.3) is 0 Å². The highest BCUT2D eigenvalue weighted by molar-refractivity contribution is 5.77. The number of carbonyl (C=O) groups is 1. The summed E-state index contributed by atoms with van der Waals surface area (Å²) in [4.78, 5) is 13.6. The van der Waals surface area contributed by atoms with E-state index in [1.165, 1.54) is 0 Å². The fourth-order valence-corrected chi connectivity index (χ4v) is 1.68. The van der Waals surface area contributed by atoms with E-state index in [4.69, 9.17) is 15.2 Å². The van der Waals surface area contributed by atoms with E-state index in [-0.39, 0.29) is 12.5 Å². The van der Waals surface area contributed by atoms with Gasteiger partial charge in [0.1, 0.15) is 6.61 Å². The lowest BCUT2D eigenvalue weighted by Crippen LogP contribution is -2.30. The molecule has 0 unspecified atom stereocenters. The maximum atomic E-state index is 11.9. The quantitative estimate of drug-likeness (QED) is 0.590. The van der Waals surface area contributed by atoms with Crippen molar-refractivity contribution in [2.75, 3.05) is 40.5 Å². The van der Waals surface area contributed by atoms with Crippen molar-refractivity contribution in [2.45, 2.75) is 6.54 Å². The zero-order valence-corrected chi connectivity index (χ0v) is 12.6. The topological polar surface area (TPSA) is 64.8 Å². The van der Waals surface area contributed by atoms with E-state index in [9.17, 15) is 4.79 Å². The Labute approximate surface area is 126 Å². The normalized spacial score (nSPS) is 9.86. The van der Waals surface area contributed by atoms with Crippen molar-refractivity contribution in [3.63, 3.8) is 0 Å². The molecule has 0 aliphatic heterocycles. The summed E-state index contributed by atoms with van der Waals surface area (Å²) in [5.41, 5.74) is 7.27. The third kappa shape index (κ3) is 6.41. The van der Waals surface area contributed by atoms with Gasteiger partial charge in [-0.25, -0.2) is 0 Å². The summed E-state index contributed by atoms with van der Waals surface area (Å²) in [6.45, 7) is 1.75. The number of ether oxygens (including phenoxy) is 2. The molecule has 0 saturated carbocycles. The first-order chi connectivity index (χ1) is 10.2. The Morgan fingerprint density at radius 1 is 1.33 bits per heavy atom. The Hall–Kier alpha value is -1.87. The van der Waals surface area contributed by atoms with Crippen LogP contribution in [0.25, 0.3) is 0 Å². The SMILES string of the molecule is COCCOCC(=O)N(C)Cc1ccccc1C#CCN. The number of likely N-dealkylation sites (N-methyl/N-ethyl adjacent to an activating group) is 1. The van der Waals surface area contributed by atoms with Gasteiger partial charge in [-0.15, -0.1) is 0 Å². The number of amides is 1. The van der Waals surface area contributed by atoms with Crippen LogP contribution >= 0.6 is 0 Å². The second-order valence-electron chi connectivity index (χ2n) is 4.46. The monoisotopic (exact) mass is 290 g/mol. The van der Waals surface area contributed by atoms with Crippen LogP contribution in [-0.4, -0.2) is 51.3 Å². The van der Waals surface area contributed by atoms with Crippen LogP contribution in [-0.2, 0) is 20.8 Å². The standard InChI is InChI=1S/C16H22N2O3/c1-18(16(19)13-21-11-10-20-2)12-15-7-4-3-6-14(15)8-5-9-17/h3-4,6-7H,9-13,17H2,1-2H3. The number of carbonyl (C=O) groups excluding carboxylic acids is 1. The molecule has 0 fully saturated rings. The number of rotatable bonds is 7. The van der Waals surface area contributed by atoms with Crippen LogP contribution in [0, 0.1) is 11.8 Å². The van der Waals surface area contributed by atoms with Gasteiger partial charge in [-0.05, 0) is 11.6 Å². The summed E-state index contributed by atoms with van der Waals surface area (Å²) in [5.74, 6) is 5.77. The average Bonchev–Trinajstić information content (AvgIpc) is 2.50. The van der Waals surface area contributed by atoms with E-state index in [1.807, 2.05) is 24.3 Å². The van der Waals surface area contributed by atoms with Gasteiger partial charge in [0.2, 0.25) is 5.91 Å². The maximum absolute atomic E-state index is 11.9. The molecule has 0 aliphatic carbocycles. The molecule has 1 rings (SSSR count). The summed E-state index contributed by atoms with van der Waals surface area (Å²) in [5, 5.41) is 0. The maximum Gasteiger partial charge on any atom is 0.248 e. The average molecular weight is 290 g/mol. The Morgan fingerprint density at radius 3 is 2.81 bits per heavy atom. The van der Waals surface area contributed by atoms with Crippen molar-refractivity contribution >= 4 is 5.91 Å². The van der Waals surface area contributed by atoms with Crippen molar-refractivity contribution < 1.29 is 14.3 Å². The van der Waals surface area contributed by atoms with Crippen molar-refractivity contribution in [1.29, 1.82) is 0 Å². The Balaban J connectivity index is 2.57. The molecule has 1 aromatic rings. The van der Waals surface area contributed by atoms with E-state index in [1.54, 1.807) is 19.1 Å². The molecule has 0 heterocycles. The summed E-state index contributed by atoms with van der Waals surface area (Å²) >= 11 is 0. The summed E-state index contributed by atoms with van der Waals surface area (Å²) in [6.07, 6.45) is 0. The fourth-order valence-electron chi connectivity index (χ4n) is 1.68.